The number of benzene rings is 1. The predicted molar refractivity (Wildman–Crippen MR) is 72.5 cm³/mol. The van der Waals surface area contributed by atoms with Gasteiger partial charge in [-0.05, 0) is 37.1 Å². The van der Waals surface area contributed by atoms with Crippen LogP contribution >= 0.6 is 0 Å². The van der Waals surface area contributed by atoms with Crippen LogP contribution in [0.25, 0.3) is 10.9 Å². The molecule has 102 valence electrons. The van der Waals surface area contributed by atoms with Gasteiger partial charge in [-0.3, -0.25) is 0 Å². The van der Waals surface area contributed by atoms with E-state index in [1.807, 2.05) is 30.7 Å². The molecule has 0 N–H and O–H groups in total. The fraction of sp³-hybridized carbons (Fsp3) is 0.400. The molecule has 1 unspecified atom stereocenters. The molecule has 1 aromatic carbocycles. The Bertz CT molecular complexity index is 577. The van der Waals surface area contributed by atoms with E-state index in [-0.39, 0.29) is 17.8 Å². The molecule has 0 amide bonds. The number of hydrogen-bond acceptors (Lipinski definition) is 2. The fourth-order valence-corrected chi connectivity index (χ4v) is 2.18. The van der Waals surface area contributed by atoms with E-state index < -0.39 is 0 Å². The maximum absolute atomic E-state index is 13.2. The van der Waals surface area contributed by atoms with E-state index in [1.165, 1.54) is 12.1 Å². The quantitative estimate of drug-likeness (QED) is 0.770. The highest BCUT2D eigenvalue weighted by atomic mass is 19.1. The van der Waals surface area contributed by atoms with Crippen molar-refractivity contribution in [1.82, 2.24) is 4.57 Å². The van der Waals surface area contributed by atoms with Crippen molar-refractivity contribution in [2.24, 2.45) is 0 Å². The van der Waals surface area contributed by atoms with Crippen LogP contribution in [0.5, 0.6) is 0 Å². The Labute approximate surface area is 112 Å². The molecule has 1 atom stereocenters. The lowest BCUT2D eigenvalue weighted by Crippen LogP contribution is -2.21. The molecule has 0 aliphatic heterocycles. The maximum Gasteiger partial charge on any atom is 0.329 e. The van der Waals surface area contributed by atoms with Crippen molar-refractivity contribution in [2.45, 2.75) is 32.7 Å². The summed E-state index contributed by atoms with van der Waals surface area (Å²) in [4.78, 5) is 12.0. The minimum Gasteiger partial charge on any atom is -0.464 e. The second-order valence-corrected chi connectivity index (χ2v) is 4.52. The number of nitrogens with zero attached hydrogens (tertiary/aromatic N) is 1. The third-order valence-electron chi connectivity index (χ3n) is 3.13. The lowest BCUT2D eigenvalue weighted by molar-refractivity contribution is -0.147. The monoisotopic (exact) mass is 263 g/mol. The SMILES string of the molecule is CCCOC(=O)C(CC)n1ccc2cc(F)ccc21. The Morgan fingerprint density at radius 1 is 1.37 bits per heavy atom. The summed E-state index contributed by atoms with van der Waals surface area (Å²) in [6.45, 7) is 4.33. The summed E-state index contributed by atoms with van der Waals surface area (Å²) in [5.74, 6) is -0.502. The first kappa shape index (κ1) is 13.6. The van der Waals surface area contributed by atoms with Crippen molar-refractivity contribution in [3.05, 3.63) is 36.3 Å². The van der Waals surface area contributed by atoms with Crippen LogP contribution in [0, 0.1) is 5.82 Å². The number of carbonyl (C=O) groups is 1. The molecule has 19 heavy (non-hydrogen) atoms. The minimum atomic E-state index is -0.352. The van der Waals surface area contributed by atoms with Crippen molar-refractivity contribution >= 4 is 16.9 Å². The van der Waals surface area contributed by atoms with Crippen LogP contribution < -0.4 is 0 Å². The van der Waals surface area contributed by atoms with E-state index in [0.717, 1.165) is 17.3 Å². The van der Waals surface area contributed by atoms with Crippen molar-refractivity contribution < 1.29 is 13.9 Å². The van der Waals surface area contributed by atoms with Crippen LogP contribution in [-0.4, -0.2) is 17.1 Å². The molecule has 0 radical (unpaired) electrons. The Morgan fingerprint density at radius 2 is 2.16 bits per heavy atom. The highest BCUT2D eigenvalue weighted by Gasteiger charge is 2.21. The molecule has 0 fully saturated rings. The van der Waals surface area contributed by atoms with Crippen molar-refractivity contribution in [3.8, 4) is 0 Å². The maximum atomic E-state index is 13.2. The summed E-state index contributed by atoms with van der Waals surface area (Å²) in [5, 5.41) is 0.793. The van der Waals surface area contributed by atoms with Gasteiger partial charge in [0.1, 0.15) is 11.9 Å². The first-order valence-corrected chi connectivity index (χ1v) is 6.60. The van der Waals surface area contributed by atoms with E-state index in [0.29, 0.717) is 13.0 Å². The van der Waals surface area contributed by atoms with Crippen molar-refractivity contribution in [2.75, 3.05) is 6.61 Å². The molecule has 0 saturated heterocycles. The van der Waals surface area contributed by atoms with Crippen LogP contribution in [0.2, 0.25) is 0 Å². The highest BCUT2D eigenvalue weighted by molar-refractivity contribution is 5.83. The zero-order valence-corrected chi connectivity index (χ0v) is 11.2. The van der Waals surface area contributed by atoms with E-state index >= 15 is 0 Å². The standard InChI is InChI=1S/C15H18FNO2/c1-3-9-19-15(18)13(4-2)17-8-7-11-10-12(16)5-6-14(11)17/h5-8,10,13H,3-4,9H2,1-2H3. The molecule has 0 aliphatic rings. The average molecular weight is 263 g/mol. The third kappa shape index (κ3) is 2.78. The van der Waals surface area contributed by atoms with Gasteiger partial charge in [-0.2, -0.15) is 0 Å². The van der Waals surface area contributed by atoms with Crippen molar-refractivity contribution in [3.63, 3.8) is 0 Å². The summed E-state index contributed by atoms with van der Waals surface area (Å²) in [6.07, 6.45) is 3.26. The van der Waals surface area contributed by atoms with Gasteiger partial charge in [0.05, 0.1) is 6.61 Å². The van der Waals surface area contributed by atoms with Gasteiger partial charge in [0.15, 0.2) is 0 Å². The molecule has 0 spiro atoms. The van der Waals surface area contributed by atoms with Gasteiger partial charge in [-0.15, -0.1) is 0 Å². The van der Waals surface area contributed by atoms with Gasteiger partial charge in [-0.25, -0.2) is 9.18 Å². The molecule has 1 heterocycles. The summed E-state index contributed by atoms with van der Waals surface area (Å²) < 4.78 is 20.2. The first-order valence-electron chi connectivity index (χ1n) is 6.60. The van der Waals surface area contributed by atoms with E-state index in [2.05, 4.69) is 0 Å². The van der Waals surface area contributed by atoms with Crippen LogP contribution in [0.1, 0.15) is 32.7 Å². The van der Waals surface area contributed by atoms with Crippen molar-refractivity contribution in [1.29, 1.82) is 0 Å². The van der Waals surface area contributed by atoms with E-state index in [1.54, 1.807) is 6.07 Å². The Hall–Kier alpha value is -1.84. The van der Waals surface area contributed by atoms with Crippen LogP contribution in [0.3, 0.4) is 0 Å². The molecule has 0 bridgehead atoms. The number of carbonyl (C=O) groups excluding carboxylic acids is 1. The number of aromatic nitrogens is 1. The topological polar surface area (TPSA) is 31.2 Å². The smallest absolute Gasteiger partial charge is 0.329 e. The zero-order valence-electron chi connectivity index (χ0n) is 11.2. The van der Waals surface area contributed by atoms with Crippen LogP contribution in [0.15, 0.2) is 30.5 Å². The fourth-order valence-electron chi connectivity index (χ4n) is 2.18. The molecule has 3 nitrogen and oxygen atoms in total. The summed E-state index contributed by atoms with van der Waals surface area (Å²) >= 11 is 0. The second-order valence-electron chi connectivity index (χ2n) is 4.52. The third-order valence-corrected chi connectivity index (χ3v) is 3.13. The van der Waals surface area contributed by atoms with Gasteiger partial charge in [0, 0.05) is 17.1 Å². The lowest BCUT2D eigenvalue weighted by atomic mass is 10.2. The molecule has 4 heteroatoms. The Balaban J connectivity index is 2.33. The zero-order chi connectivity index (χ0) is 13.8. The predicted octanol–water partition coefficient (Wildman–Crippen LogP) is 3.68. The van der Waals surface area contributed by atoms with E-state index in [9.17, 15) is 9.18 Å². The highest BCUT2D eigenvalue weighted by Crippen LogP contribution is 2.23. The molecule has 0 aliphatic carbocycles. The van der Waals surface area contributed by atoms with Gasteiger partial charge >= 0.3 is 5.97 Å². The number of ether oxygens (including phenoxy) is 1. The number of fused-ring (bicyclic) bond motifs is 1. The summed E-state index contributed by atoms with van der Waals surface area (Å²) in [5.41, 5.74) is 0.849. The summed E-state index contributed by atoms with van der Waals surface area (Å²) in [7, 11) is 0. The normalized spacial score (nSPS) is 12.6. The Kier molecular flexibility index (Phi) is 4.20. The summed E-state index contributed by atoms with van der Waals surface area (Å²) in [6, 6.07) is 6.03. The molecular formula is C15H18FNO2. The molecule has 0 saturated carbocycles. The van der Waals surface area contributed by atoms with Gasteiger partial charge in [-0.1, -0.05) is 13.8 Å². The van der Waals surface area contributed by atoms with Crippen LogP contribution in [-0.2, 0) is 9.53 Å². The number of rotatable bonds is 5. The number of esters is 1. The van der Waals surface area contributed by atoms with E-state index in [4.69, 9.17) is 4.74 Å². The molecular weight excluding hydrogens is 245 g/mol. The second kappa shape index (κ2) is 5.87. The number of hydrogen-bond donors (Lipinski definition) is 0. The molecule has 2 rings (SSSR count). The lowest BCUT2D eigenvalue weighted by Gasteiger charge is -2.17. The molecule has 1 aromatic heterocycles. The van der Waals surface area contributed by atoms with Gasteiger partial charge in [0.25, 0.3) is 0 Å². The first-order chi connectivity index (χ1) is 9.17. The molecule has 2 aromatic rings. The largest absolute Gasteiger partial charge is 0.464 e. The van der Waals surface area contributed by atoms with Gasteiger partial charge < -0.3 is 9.30 Å². The number of halogens is 1. The Morgan fingerprint density at radius 3 is 2.84 bits per heavy atom. The van der Waals surface area contributed by atoms with Gasteiger partial charge in [0.2, 0.25) is 0 Å². The minimum absolute atomic E-state index is 0.230. The average Bonchev–Trinajstić information content (AvgIpc) is 2.80. The van der Waals surface area contributed by atoms with Crippen LogP contribution in [0.4, 0.5) is 4.39 Å².